The molecule has 0 saturated carbocycles. The molecule has 0 radical (unpaired) electrons. The zero-order valence-corrected chi connectivity index (χ0v) is 4.33. The summed E-state index contributed by atoms with van der Waals surface area (Å²) in [5.74, 6) is 0. The summed E-state index contributed by atoms with van der Waals surface area (Å²) >= 11 is 0. The van der Waals surface area contributed by atoms with Crippen LogP contribution in [0, 0.1) is 0 Å². The van der Waals surface area contributed by atoms with E-state index in [0.717, 1.165) is 6.54 Å². The average molecular weight is 96.1 g/mol. The van der Waals surface area contributed by atoms with Crippen LogP contribution in [0.15, 0.2) is 17.4 Å². The van der Waals surface area contributed by atoms with Gasteiger partial charge in [0.05, 0.1) is 6.54 Å². The lowest BCUT2D eigenvalue weighted by atomic mass is 10.6. The number of aliphatic imine (C=N–C) groups is 1. The molecule has 0 atom stereocenters. The highest BCUT2D eigenvalue weighted by molar-refractivity contribution is 5.61. The summed E-state index contributed by atoms with van der Waals surface area (Å²) in [7, 11) is 2.02. The molecule has 0 amide bonds. The van der Waals surface area contributed by atoms with Gasteiger partial charge in [-0.05, 0) is 0 Å². The van der Waals surface area contributed by atoms with Crippen LogP contribution in [-0.4, -0.2) is 24.7 Å². The standard InChI is InChI=1S/C5H8N2/c1-7-4-2-6-3-5-7/h2-4H,5H2,1H3. The second-order valence-electron chi connectivity index (χ2n) is 1.57. The van der Waals surface area contributed by atoms with E-state index in [1.54, 1.807) is 6.20 Å². The topological polar surface area (TPSA) is 15.6 Å². The molecular formula is C5H8N2. The van der Waals surface area contributed by atoms with Crippen molar-refractivity contribution < 1.29 is 0 Å². The van der Waals surface area contributed by atoms with E-state index in [2.05, 4.69) is 9.89 Å². The lowest BCUT2D eigenvalue weighted by Crippen LogP contribution is -2.14. The summed E-state index contributed by atoms with van der Waals surface area (Å²) in [6.45, 7) is 0.941. The van der Waals surface area contributed by atoms with Crippen LogP contribution in [0.2, 0.25) is 0 Å². The molecule has 0 N–H and O–H groups in total. The van der Waals surface area contributed by atoms with Gasteiger partial charge < -0.3 is 4.90 Å². The molecular weight excluding hydrogens is 88.1 g/mol. The Morgan fingerprint density at radius 2 is 2.57 bits per heavy atom. The largest absolute Gasteiger partial charge is 0.374 e. The second kappa shape index (κ2) is 1.78. The summed E-state index contributed by atoms with van der Waals surface area (Å²) in [5, 5.41) is 0. The van der Waals surface area contributed by atoms with Gasteiger partial charge in [-0.25, -0.2) is 0 Å². The monoisotopic (exact) mass is 96.1 g/mol. The van der Waals surface area contributed by atoms with Crippen LogP contribution in [0.4, 0.5) is 0 Å². The van der Waals surface area contributed by atoms with Gasteiger partial charge in [-0.3, -0.25) is 4.99 Å². The second-order valence-corrected chi connectivity index (χ2v) is 1.57. The molecule has 38 valence electrons. The van der Waals surface area contributed by atoms with Crippen LogP contribution >= 0.6 is 0 Å². The fourth-order valence-electron chi connectivity index (χ4n) is 0.450. The Kier molecular flexibility index (Phi) is 1.11. The van der Waals surface area contributed by atoms with E-state index in [-0.39, 0.29) is 0 Å². The third-order valence-corrected chi connectivity index (χ3v) is 0.882. The van der Waals surface area contributed by atoms with E-state index in [1.165, 1.54) is 0 Å². The summed E-state index contributed by atoms with van der Waals surface area (Å²) < 4.78 is 0. The zero-order valence-electron chi connectivity index (χ0n) is 4.33. The first kappa shape index (κ1) is 4.37. The van der Waals surface area contributed by atoms with Gasteiger partial charge in [0.15, 0.2) is 0 Å². The Morgan fingerprint density at radius 1 is 1.71 bits per heavy atom. The van der Waals surface area contributed by atoms with E-state index in [1.807, 2.05) is 19.5 Å². The summed E-state index contributed by atoms with van der Waals surface area (Å²) in [4.78, 5) is 5.94. The van der Waals surface area contributed by atoms with Crippen molar-refractivity contribution in [1.29, 1.82) is 0 Å². The van der Waals surface area contributed by atoms with Crippen molar-refractivity contribution in [3.8, 4) is 0 Å². The number of nitrogens with zero attached hydrogens (tertiary/aromatic N) is 2. The summed E-state index contributed by atoms with van der Waals surface area (Å²) in [6.07, 6.45) is 5.60. The minimum absolute atomic E-state index is 0.941. The lowest BCUT2D eigenvalue weighted by Gasteiger charge is -2.10. The Morgan fingerprint density at radius 3 is 2.86 bits per heavy atom. The first-order chi connectivity index (χ1) is 3.39. The predicted octanol–water partition coefficient (Wildman–Crippen LogP) is 0.474. The minimum atomic E-state index is 0.941. The molecule has 0 bridgehead atoms. The van der Waals surface area contributed by atoms with Gasteiger partial charge in [-0.1, -0.05) is 0 Å². The van der Waals surface area contributed by atoms with Crippen LogP contribution in [0.1, 0.15) is 0 Å². The summed E-state index contributed by atoms with van der Waals surface area (Å²) in [6, 6.07) is 0. The molecule has 1 aliphatic rings. The maximum absolute atomic E-state index is 3.88. The highest BCUT2D eigenvalue weighted by Crippen LogP contribution is 1.87. The van der Waals surface area contributed by atoms with Crippen LogP contribution in [0.25, 0.3) is 0 Å². The molecule has 7 heavy (non-hydrogen) atoms. The quantitative estimate of drug-likeness (QED) is 0.428. The van der Waals surface area contributed by atoms with E-state index in [0.29, 0.717) is 0 Å². The van der Waals surface area contributed by atoms with E-state index in [9.17, 15) is 0 Å². The van der Waals surface area contributed by atoms with E-state index < -0.39 is 0 Å². The van der Waals surface area contributed by atoms with Crippen LogP contribution < -0.4 is 0 Å². The summed E-state index contributed by atoms with van der Waals surface area (Å²) in [5.41, 5.74) is 0. The number of hydrogen-bond acceptors (Lipinski definition) is 2. The molecule has 0 unspecified atom stereocenters. The molecule has 0 spiro atoms. The van der Waals surface area contributed by atoms with Crippen LogP contribution in [0.3, 0.4) is 0 Å². The maximum Gasteiger partial charge on any atom is 0.0524 e. The fraction of sp³-hybridized carbons (Fsp3) is 0.400. The van der Waals surface area contributed by atoms with Crippen LogP contribution in [-0.2, 0) is 0 Å². The molecule has 0 fully saturated rings. The Hall–Kier alpha value is -0.790. The normalized spacial score (nSPS) is 18.1. The number of rotatable bonds is 0. The average Bonchev–Trinajstić information content (AvgIpc) is 1.69. The molecule has 0 aromatic carbocycles. The first-order valence-electron chi connectivity index (χ1n) is 2.28. The van der Waals surface area contributed by atoms with Crippen molar-refractivity contribution in [1.82, 2.24) is 4.90 Å². The van der Waals surface area contributed by atoms with Gasteiger partial charge in [-0.2, -0.15) is 0 Å². The molecule has 0 saturated heterocycles. The Balaban J connectivity index is 2.49. The molecule has 0 aromatic heterocycles. The van der Waals surface area contributed by atoms with Gasteiger partial charge in [0.25, 0.3) is 0 Å². The smallest absolute Gasteiger partial charge is 0.0524 e. The number of hydrogen-bond donors (Lipinski definition) is 0. The van der Waals surface area contributed by atoms with Crippen molar-refractivity contribution in [2.75, 3.05) is 13.6 Å². The van der Waals surface area contributed by atoms with Crippen molar-refractivity contribution in [3.63, 3.8) is 0 Å². The van der Waals surface area contributed by atoms with Crippen molar-refractivity contribution in [2.24, 2.45) is 4.99 Å². The molecule has 1 heterocycles. The lowest BCUT2D eigenvalue weighted by molar-refractivity contribution is 0.522. The molecule has 1 aliphatic heterocycles. The van der Waals surface area contributed by atoms with Crippen LogP contribution in [0.5, 0.6) is 0 Å². The molecule has 1 rings (SSSR count). The predicted molar refractivity (Wildman–Crippen MR) is 30.3 cm³/mol. The Labute approximate surface area is 43.2 Å². The van der Waals surface area contributed by atoms with E-state index >= 15 is 0 Å². The van der Waals surface area contributed by atoms with Crippen molar-refractivity contribution in [3.05, 3.63) is 12.4 Å². The Bertz CT molecular complexity index is 105. The molecule has 0 aliphatic carbocycles. The van der Waals surface area contributed by atoms with Gasteiger partial charge in [0, 0.05) is 25.7 Å². The van der Waals surface area contributed by atoms with Gasteiger partial charge in [0.2, 0.25) is 0 Å². The fourth-order valence-corrected chi connectivity index (χ4v) is 0.450. The third-order valence-electron chi connectivity index (χ3n) is 0.882. The first-order valence-corrected chi connectivity index (χ1v) is 2.28. The highest BCUT2D eigenvalue weighted by atomic mass is 15.1. The molecule has 0 aromatic rings. The van der Waals surface area contributed by atoms with Gasteiger partial charge >= 0.3 is 0 Å². The SMILES string of the molecule is CN1C=CN=CC1. The van der Waals surface area contributed by atoms with Crippen molar-refractivity contribution in [2.45, 2.75) is 0 Å². The minimum Gasteiger partial charge on any atom is -0.374 e. The third kappa shape index (κ3) is 1.03. The van der Waals surface area contributed by atoms with Gasteiger partial charge in [0.1, 0.15) is 0 Å². The zero-order chi connectivity index (χ0) is 5.11. The maximum atomic E-state index is 3.88. The molecule has 2 heteroatoms. The van der Waals surface area contributed by atoms with E-state index in [4.69, 9.17) is 0 Å². The molecule has 2 nitrogen and oxygen atoms in total. The van der Waals surface area contributed by atoms with Crippen molar-refractivity contribution >= 4 is 6.21 Å². The highest BCUT2D eigenvalue weighted by Gasteiger charge is 1.87. The van der Waals surface area contributed by atoms with Gasteiger partial charge in [-0.15, -0.1) is 0 Å².